The number of carbonyl (C=O) groups is 1. The fourth-order valence-electron chi connectivity index (χ4n) is 2.58. The highest BCUT2D eigenvalue weighted by atomic mass is 32.1. The standard InChI is InChI=1S/C17H21N3O3S/c1-10(12-6-4-5-7-14(12)23-3)18-15(21)9-8-13-11(2)19-17(24)20-16(13)22/h4-7,10H,8-9H2,1-3H3,(H,18,21)(H2,19,20,22,24)/t10-/m1/s1. The number of hydrogen-bond acceptors (Lipinski definition) is 4. The van der Waals surface area contributed by atoms with E-state index in [1.165, 1.54) is 0 Å². The highest BCUT2D eigenvalue weighted by Gasteiger charge is 2.14. The minimum absolute atomic E-state index is 0.130. The summed E-state index contributed by atoms with van der Waals surface area (Å²) in [7, 11) is 1.60. The number of aryl methyl sites for hydroxylation is 1. The molecule has 1 aromatic carbocycles. The highest BCUT2D eigenvalue weighted by Crippen LogP contribution is 2.24. The van der Waals surface area contributed by atoms with Crippen LogP contribution in [0, 0.1) is 11.7 Å². The molecule has 1 amide bonds. The predicted octanol–water partition coefficient (Wildman–Crippen LogP) is 2.56. The topological polar surface area (TPSA) is 87.0 Å². The zero-order chi connectivity index (χ0) is 17.7. The van der Waals surface area contributed by atoms with Crippen LogP contribution in [0.3, 0.4) is 0 Å². The zero-order valence-corrected chi connectivity index (χ0v) is 14.8. The lowest BCUT2D eigenvalue weighted by atomic mass is 10.1. The molecule has 1 heterocycles. The van der Waals surface area contributed by atoms with Crippen molar-refractivity contribution in [1.82, 2.24) is 15.3 Å². The SMILES string of the molecule is COc1ccccc1[C@@H](C)NC(=O)CCc1c(C)[nH]c(=S)[nH]c1=O. The van der Waals surface area contributed by atoms with Gasteiger partial charge in [0.25, 0.3) is 5.56 Å². The van der Waals surface area contributed by atoms with Gasteiger partial charge in [0, 0.05) is 23.2 Å². The fourth-order valence-corrected chi connectivity index (χ4v) is 2.83. The molecule has 0 radical (unpaired) electrons. The molecule has 6 nitrogen and oxygen atoms in total. The quantitative estimate of drug-likeness (QED) is 0.701. The monoisotopic (exact) mass is 347 g/mol. The molecule has 0 bridgehead atoms. The minimum Gasteiger partial charge on any atom is -0.496 e. The van der Waals surface area contributed by atoms with E-state index in [2.05, 4.69) is 15.3 Å². The molecule has 2 aromatic rings. The molecule has 1 atom stereocenters. The van der Waals surface area contributed by atoms with Crippen LogP contribution in [0.15, 0.2) is 29.1 Å². The maximum atomic E-state index is 12.2. The van der Waals surface area contributed by atoms with Crippen molar-refractivity contribution in [3.05, 3.63) is 56.2 Å². The smallest absolute Gasteiger partial charge is 0.255 e. The van der Waals surface area contributed by atoms with Gasteiger partial charge in [0.1, 0.15) is 5.75 Å². The first-order valence-corrected chi connectivity index (χ1v) is 8.07. The molecular formula is C17H21N3O3S. The van der Waals surface area contributed by atoms with Crippen molar-refractivity contribution in [2.45, 2.75) is 32.7 Å². The second-order valence-corrected chi connectivity index (χ2v) is 5.95. The Labute approximate surface area is 145 Å². The van der Waals surface area contributed by atoms with E-state index >= 15 is 0 Å². The number of para-hydroxylation sites is 1. The van der Waals surface area contributed by atoms with E-state index in [4.69, 9.17) is 17.0 Å². The van der Waals surface area contributed by atoms with Crippen LogP contribution < -0.4 is 15.6 Å². The summed E-state index contributed by atoms with van der Waals surface area (Å²) in [4.78, 5) is 29.5. The van der Waals surface area contributed by atoms with Gasteiger partial charge in [-0.2, -0.15) is 0 Å². The van der Waals surface area contributed by atoms with E-state index in [9.17, 15) is 9.59 Å². The van der Waals surface area contributed by atoms with Crippen molar-refractivity contribution < 1.29 is 9.53 Å². The van der Waals surface area contributed by atoms with Crippen LogP contribution in [0.4, 0.5) is 0 Å². The van der Waals surface area contributed by atoms with Gasteiger partial charge >= 0.3 is 0 Å². The Balaban J connectivity index is 2.01. The lowest BCUT2D eigenvalue weighted by Crippen LogP contribution is -2.28. The van der Waals surface area contributed by atoms with Gasteiger partial charge in [0.05, 0.1) is 13.2 Å². The van der Waals surface area contributed by atoms with Crippen molar-refractivity contribution in [3.8, 4) is 5.75 Å². The van der Waals surface area contributed by atoms with Crippen LogP contribution in [-0.2, 0) is 11.2 Å². The third-order valence-corrected chi connectivity index (χ3v) is 4.04. The fraction of sp³-hybridized carbons (Fsp3) is 0.353. The summed E-state index contributed by atoms with van der Waals surface area (Å²) in [5, 5.41) is 2.93. The van der Waals surface area contributed by atoms with Crippen molar-refractivity contribution in [3.63, 3.8) is 0 Å². The van der Waals surface area contributed by atoms with Crippen molar-refractivity contribution >= 4 is 18.1 Å². The van der Waals surface area contributed by atoms with Gasteiger partial charge in [-0.3, -0.25) is 14.6 Å². The van der Waals surface area contributed by atoms with E-state index in [1.54, 1.807) is 14.0 Å². The molecule has 24 heavy (non-hydrogen) atoms. The second-order valence-electron chi connectivity index (χ2n) is 5.54. The largest absolute Gasteiger partial charge is 0.496 e. The molecule has 0 aliphatic carbocycles. The van der Waals surface area contributed by atoms with Gasteiger partial charge < -0.3 is 15.0 Å². The molecule has 0 fully saturated rings. The average Bonchev–Trinajstić information content (AvgIpc) is 2.53. The summed E-state index contributed by atoms with van der Waals surface area (Å²) < 4.78 is 5.60. The van der Waals surface area contributed by atoms with Crippen LogP contribution >= 0.6 is 12.2 Å². The number of H-pyrrole nitrogens is 2. The summed E-state index contributed by atoms with van der Waals surface area (Å²) in [6.45, 7) is 3.67. The Bertz CT molecular complexity index is 841. The molecule has 0 unspecified atom stereocenters. The maximum absolute atomic E-state index is 12.2. The molecule has 3 N–H and O–H groups in total. The lowest BCUT2D eigenvalue weighted by Gasteiger charge is -2.17. The maximum Gasteiger partial charge on any atom is 0.255 e. The van der Waals surface area contributed by atoms with E-state index < -0.39 is 0 Å². The van der Waals surface area contributed by atoms with E-state index in [0.717, 1.165) is 11.3 Å². The number of aromatic nitrogens is 2. The zero-order valence-electron chi connectivity index (χ0n) is 13.9. The predicted molar refractivity (Wildman–Crippen MR) is 94.9 cm³/mol. The summed E-state index contributed by atoms with van der Waals surface area (Å²) in [6.07, 6.45) is 0.561. The molecule has 2 rings (SSSR count). The first-order valence-electron chi connectivity index (χ1n) is 7.66. The average molecular weight is 347 g/mol. The van der Waals surface area contributed by atoms with Crippen LogP contribution in [0.2, 0.25) is 0 Å². The minimum atomic E-state index is -0.248. The van der Waals surface area contributed by atoms with Crippen molar-refractivity contribution in [2.24, 2.45) is 0 Å². The van der Waals surface area contributed by atoms with Crippen LogP contribution in [0.1, 0.15) is 36.2 Å². The lowest BCUT2D eigenvalue weighted by molar-refractivity contribution is -0.121. The molecule has 128 valence electrons. The second kappa shape index (κ2) is 7.92. The molecular weight excluding hydrogens is 326 g/mol. The van der Waals surface area contributed by atoms with Crippen LogP contribution in [0.25, 0.3) is 0 Å². The third-order valence-electron chi connectivity index (χ3n) is 3.84. The molecule has 7 heteroatoms. The van der Waals surface area contributed by atoms with Crippen molar-refractivity contribution in [2.75, 3.05) is 7.11 Å². The Kier molecular flexibility index (Phi) is 5.92. The highest BCUT2D eigenvalue weighted by molar-refractivity contribution is 7.71. The van der Waals surface area contributed by atoms with Gasteiger partial charge in [-0.15, -0.1) is 0 Å². The molecule has 0 spiro atoms. The Hall–Kier alpha value is -2.41. The number of aromatic amines is 2. The summed E-state index contributed by atoms with van der Waals surface area (Å²) in [5.41, 5.74) is 1.89. The summed E-state index contributed by atoms with van der Waals surface area (Å²) in [6, 6.07) is 7.36. The van der Waals surface area contributed by atoms with Gasteiger partial charge in [-0.25, -0.2) is 0 Å². The summed E-state index contributed by atoms with van der Waals surface area (Å²) in [5.74, 6) is 0.600. The van der Waals surface area contributed by atoms with E-state index in [-0.39, 0.29) is 28.7 Å². The van der Waals surface area contributed by atoms with E-state index in [0.29, 0.717) is 17.7 Å². The van der Waals surface area contributed by atoms with Crippen molar-refractivity contribution in [1.29, 1.82) is 0 Å². The van der Waals surface area contributed by atoms with E-state index in [1.807, 2.05) is 31.2 Å². The number of rotatable bonds is 6. The number of nitrogens with one attached hydrogen (secondary N) is 3. The Morgan fingerprint density at radius 2 is 2.04 bits per heavy atom. The van der Waals surface area contributed by atoms with Gasteiger partial charge in [0.15, 0.2) is 4.77 Å². The first kappa shape index (κ1) is 17.9. The number of carbonyl (C=O) groups excluding carboxylic acids is 1. The van der Waals surface area contributed by atoms with Crippen LogP contribution in [-0.4, -0.2) is 23.0 Å². The molecule has 0 aliphatic heterocycles. The number of methoxy groups -OCH3 is 1. The Morgan fingerprint density at radius 1 is 1.33 bits per heavy atom. The molecule has 0 saturated heterocycles. The van der Waals surface area contributed by atoms with Gasteiger partial charge in [-0.05, 0) is 38.6 Å². The molecule has 0 aliphatic rings. The first-order chi connectivity index (χ1) is 11.4. The van der Waals surface area contributed by atoms with Crippen LogP contribution in [0.5, 0.6) is 5.75 Å². The number of hydrogen-bond donors (Lipinski definition) is 3. The molecule has 1 aromatic heterocycles. The third kappa shape index (κ3) is 4.32. The number of benzene rings is 1. The molecule has 0 saturated carbocycles. The number of amides is 1. The number of ether oxygens (including phenoxy) is 1. The Morgan fingerprint density at radius 3 is 2.71 bits per heavy atom. The van der Waals surface area contributed by atoms with Gasteiger partial charge in [-0.1, -0.05) is 18.2 Å². The van der Waals surface area contributed by atoms with Gasteiger partial charge in [0.2, 0.25) is 5.91 Å². The normalized spacial score (nSPS) is 11.8. The summed E-state index contributed by atoms with van der Waals surface area (Å²) >= 11 is 4.91.